The molecule has 0 spiro atoms. The van der Waals surface area contributed by atoms with Gasteiger partial charge in [-0.1, -0.05) is 57.8 Å². The van der Waals surface area contributed by atoms with Gasteiger partial charge in [-0.15, -0.1) is 11.6 Å². The molecule has 0 saturated heterocycles. The van der Waals surface area contributed by atoms with E-state index in [2.05, 4.69) is 34.6 Å². The molecule has 0 aliphatic rings. The minimum absolute atomic E-state index is 0.0934. The van der Waals surface area contributed by atoms with E-state index in [1.807, 2.05) is 0 Å². The number of halogens is 3. The van der Waals surface area contributed by atoms with Crippen LogP contribution < -0.4 is 10.3 Å². The quantitative estimate of drug-likeness (QED) is 0.561. The van der Waals surface area contributed by atoms with Gasteiger partial charge in [-0.05, 0) is 23.5 Å². The highest BCUT2D eigenvalue weighted by molar-refractivity contribution is 6.42. The van der Waals surface area contributed by atoms with Crippen LogP contribution in [-0.4, -0.2) is 11.2 Å². The minimum atomic E-state index is -0.129. The molecule has 0 aliphatic heterocycles. The number of rotatable bonds is 5. The zero-order valence-electron chi connectivity index (χ0n) is 15.3. The average Bonchev–Trinajstić information content (AvgIpc) is 2.49. The maximum absolute atomic E-state index is 13.1. The third-order valence-electron chi connectivity index (χ3n) is 3.69. The van der Waals surface area contributed by atoms with E-state index in [-0.39, 0.29) is 16.9 Å². The molecule has 0 radical (unpaired) electrons. The maximum Gasteiger partial charge on any atom is 0.258 e. The summed E-state index contributed by atoms with van der Waals surface area (Å²) in [5, 5.41) is 1.88. The van der Waals surface area contributed by atoms with Crippen molar-refractivity contribution in [2.45, 2.75) is 47.0 Å². The van der Waals surface area contributed by atoms with E-state index >= 15 is 0 Å². The molecule has 25 heavy (non-hydrogen) atoms. The molecule has 0 bridgehead atoms. The Kier molecular flexibility index (Phi) is 6.35. The Morgan fingerprint density at radius 2 is 1.68 bits per heavy atom. The summed E-state index contributed by atoms with van der Waals surface area (Å²) in [6, 6.07) is 3.30. The Morgan fingerprint density at radius 3 is 2.16 bits per heavy atom. The first-order chi connectivity index (χ1) is 11.5. The Hall–Kier alpha value is -0.900. The van der Waals surface area contributed by atoms with E-state index in [0.717, 1.165) is 0 Å². The van der Waals surface area contributed by atoms with E-state index in [0.29, 0.717) is 51.3 Å². The summed E-state index contributed by atoms with van der Waals surface area (Å²) in [6.07, 6.45) is 0. The Balaban J connectivity index is 2.85. The number of pyridine rings is 1. The van der Waals surface area contributed by atoms with Gasteiger partial charge < -0.3 is 9.30 Å². The lowest BCUT2D eigenvalue weighted by Gasteiger charge is -2.25. The van der Waals surface area contributed by atoms with Crippen LogP contribution in [0, 0.1) is 11.3 Å². The topological polar surface area (TPSA) is 31.2 Å². The number of hydrogen-bond acceptors (Lipinski definition) is 2. The van der Waals surface area contributed by atoms with Gasteiger partial charge in [-0.3, -0.25) is 4.79 Å². The first-order valence-corrected chi connectivity index (χ1v) is 9.57. The van der Waals surface area contributed by atoms with Crippen LogP contribution in [0.25, 0.3) is 10.8 Å². The van der Waals surface area contributed by atoms with Crippen molar-refractivity contribution in [3.63, 3.8) is 0 Å². The van der Waals surface area contributed by atoms with E-state index < -0.39 is 0 Å². The summed E-state index contributed by atoms with van der Waals surface area (Å²) in [7, 11) is 0. The van der Waals surface area contributed by atoms with Gasteiger partial charge in [0.1, 0.15) is 5.75 Å². The van der Waals surface area contributed by atoms with Gasteiger partial charge in [-0.2, -0.15) is 0 Å². The summed E-state index contributed by atoms with van der Waals surface area (Å²) in [6.45, 7) is 11.4. The van der Waals surface area contributed by atoms with Crippen LogP contribution in [-0.2, 0) is 12.4 Å². The fourth-order valence-corrected chi connectivity index (χ4v) is 3.24. The molecule has 0 N–H and O–H groups in total. The van der Waals surface area contributed by atoms with Crippen LogP contribution in [0.5, 0.6) is 5.75 Å². The zero-order valence-corrected chi connectivity index (χ0v) is 17.5. The molecule has 1 aromatic carbocycles. The first-order valence-electron chi connectivity index (χ1n) is 8.28. The Morgan fingerprint density at radius 1 is 1.12 bits per heavy atom. The van der Waals surface area contributed by atoms with Crippen LogP contribution in [0.2, 0.25) is 10.0 Å². The van der Waals surface area contributed by atoms with E-state index in [9.17, 15) is 4.79 Å². The molecule has 1 heterocycles. The Labute approximate surface area is 163 Å². The average molecular weight is 405 g/mol. The third-order valence-corrected chi connectivity index (χ3v) is 4.66. The lowest BCUT2D eigenvalue weighted by atomic mass is 9.96. The number of hydrogen-bond donors (Lipinski definition) is 0. The third kappa shape index (κ3) is 4.64. The second-order valence-corrected chi connectivity index (χ2v) is 8.96. The number of fused-ring (bicyclic) bond motifs is 1. The standard InChI is InChI=1S/C19H24Cl3NO2/c1-11(2)9-25-17-12-6-14(21)15(22)7-13(12)18(24)23(16(17)8-20)10-19(3,4)5/h6-7,11H,8-10H2,1-5H3. The minimum Gasteiger partial charge on any atom is -0.491 e. The van der Waals surface area contributed by atoms with Crippen molar-refractivity contribution < 1.29 is 4.74 Å². The van der Waals surface area contributed by atoms with E-state index in [1.54, 1.807) is 16.7 Å². The summed E-state index contributed by atoms with van der Waals surface area (Å²) < 4.78 is 7.77. The van der Waals surface area contributed by atoms with Gasteiger partial charge in [0.25, 0.3) is 5.56 Å². The first kappa shape index (κ1) is 20.4. The molecule has 0 unspecified atom stereocenters. The van der Waals surface area contributed by atoms with Crippen molar-refractivity contribution in [3.8, 4) is 5.75 Å². The molecule has 3 nitrogen and oxygen atoms in total. The van der Waals surface area contributed by atoms with E-state index in [1.165, 1.54) is 0 Å². The predicted molar refractivity (Wildman–Crippen MR) is 108 cm³/mol. The fourth-order valence-electron chi connectivity index (χ4n) is 2.64. The van der Waals surface area contributed by atoms with Gasteiger partial charge in [0.05, 0.1) is 33.6 Å². The van der Waals surface area contributed by atoms with Crippen LogP contribution in [0.1, 0.15) is 40.3 Å². The number of nitrogens with zero attached hydrogens (tertiary/aromatic N) is 1. The number of benzene rings is 1. The van der Waals surface area contributed by atoms with Gasteiger partial charge in [-0.25, -0.2) is 0 Å². The molecular weight excluding hydrogens is 381 g/mol. The van der Waals surface area contributed by atoms with Gasteiger partial charge >= 0.3 is 0 Å². The zero-order chi connectivity index (χ0) is 18.9. The van der Waals surface area contributed by atoms with Crippen molar-refractivity contribution in [2.75, 3.05) is 6.61 Å². The van der Waals surface area contributed by atoms with Crippen LogP contribution >= 0.6 is 34.8 Å². The number of ether oxygens (including phenoxy) is 1. The second kappa shape index (κ2) is 7.77. The molecule has 0 aliphatic carbocycles. The molecule has 0 amide bonds. The van der Waals surface area contributed by atoms with Gasteiger partial charge in [0, 0.05) is 11.9 Å². The van der Waals surface area contributed by atoms with Crippen LogP contribution in [0.3, 0.4) is 0 Å². The van der Waals surface area contributed by atoms with Crippen molar-refractivity contribution in [3.05, 3.63) is 38.2 Å². The van der Waals surface area contributed by atoms with Crippen molar-refractivity contribution in [1.82, 2.24) is 4.57 Å². The monoisotopic (exact) mass is 403 g/mol. The fraction of sp³-hybridized carbons (Fsp3) is 0.526. The summed E-state index contributed by atoms with van der Waals surface area (Å²) in [5.41, 5.74) is 0.452. The molecule has 2 aromatic rings. The highest BCUT2D eigenvalue weighted by Crippen LogP contribution is 2.35. The second-order valence-electron chi connectivity index (χ2n) is 7.88. The summed E-state index contributed by atoms with van der Waals surface area (Å²) in [4.78, 5) is 13.1. The summed E-state index contributed by atoms with van der Waals surface area (Å²) in [5.74, 6) is 1.12. The van der Waals surface area contributed by atoms with Crippen molar-refractivity contribution in [1.29, 1.82) is 0 Å². The highest BCUT2D eigenvalue weighted by atomic mass is 35.5. The molecule has 0 saturated carbocycles. The normalized spacial score (nSPS) is 12.2. The highest BCUT2D eigenvalue weighted by Gasteiger charge is 2.22. The largest absolute Gasteiger partial charge is 0.491 e. The lowest BCUT2D eigenvalue weighted by Crippen LogP contribution is -2.30. The van der Waals surface area contributed by atoms with Gasteiger partial charge in [0.2, 0.25) is 0 Å². The van der Waals surface area contributed by atoms with Crippen LogP contribution in [0.15, 0.2) is 16.9 Å². The maximum atomic E-state index is 13.1. The van der Waals surface area contributed by atoms with Crippen molar-refractivity contribution >= 4 is 45.6 Å². The van der Waals surface area contributed by atoms with Gasteiger partial charge in [0.15, 0.2) is 0 Å². The van der Waals surface area contributed by atoms with Crippen LogP contribution in [0.4, 0.5) is 0 Å². The molecule has 6 heteroatoms. The molecule has 0 fully saturated rings. The predicted octanol–water partition coefficient (Wildman–Crippen LogP) is 6.13. The molecule has 2 rings (SSSR count). The number of aromatic nitrogens is 1. The molecule has 1 aromatic heterocycles. The molecule has 0 atom stereocenters. The number of alkyl halides is 1. The van der Waals surface area contributed by atoms with E-state index in [4.69, 9.17) is 39.5 Å². The lowest BCUT2D eigenvalue weighted by molar-refractivity contribution is 0.265. The van der Waals surface area contributed by atoms with Crippen molar-refractivity contribution in [2.24, 2.45) is 11.3 Å². The smallest absolute Gasteiger partial charge is 0.258 e. The Bertz CT molecular complexity index is 835. The molecule has 138 valence electrons. The SMILES string of the molecule is CC(C)COc1c(CCl)n(CC(C)(C)C)c(=O)c2cc(Cl)c(Cl)cc12. The molecular formula is C19H24Cl3NO2. The summed E-state index contributed by atoms with van der Waals surface area (Å²) >= 11 is 18.6.